The van der Waals surface area contributed by atoms with E-state index < -0.39 is 6.04 Å². The molecule has 2 aliphatic heterocycles. The van der Waals surface area contributed by atoms with E-state index in [1.807, 2.05) is 12.1 Å². The van der Waals surface area contributed by atoms with Crippen molar-refractivity contribution in [3.05, 3.63) is 63.9 Å². The van der Waals surface area contributed by atoms with Crippen LogP contribution in [0.25, 0.3) is 5.70 Å². The number of halogens is 2. The highest BCUT2D eigenvalue weighted by atomic mass is 79.9. The molecule has 4 N–H and O–H groups in total. The highest BCUT2D eigenvalue weighted by Crippen LogP contribution is 2.41. The number of nitrogens with two attached hydrogens (primary N) is 1. The van der Waals surface area contributed by atoms with Gasteiger partial charge in [-0.05, 0) is 24.3 Å². The van der Waals surface area contributed by atoms with Gasteiger partial charge in [0.25, 0.3) is 0 Å². The molecule has 1 amide bonds. The minimum atomic E-state index is -0.667. The van der Waals surface area contributed by atoms with Gasteiger partial charge >= 0.3 is 0 Å². The monoisotopic (exact) mass is 445 g/mol. The van der Waals surface area contributed by atoms with Crippen LogP contribution in [-0.2, 0) is 11.3 Å². The Kier molecular flexibility index (Phi) is 4.78. The third-order valence-electron chi connectivity index (χ3n) is 4.53. The van der Waals surface area contributed by atoms with Gasteiger partial charge in [0, 0.05) is 22.1 Å². The predicted molar refractivity (Wildman–Crippen MR) is 107 cm³/mol. The summed E-state index contributed by atoms with van der Waals surface area (Å²) in [7, 11) is 1.56. The van der Waals surface area contributed by atoms with Crippen molar-refractivity contribution in [3.63, 3.8) is 0 Å². The van der Waals surface area contributed by atoms with Gasteiger partial charge in [0.05, 0.1) is 12.8 Å². The molecule has 2 aliphatic rings. The van der Waals surface area contributed by atoms with E-state index >= 15 is 0 Å². The molecule has 1 atom stereocenters. The van der Waals surface area contributed by atoms with Gasteiger partial charge in [-0.2, -0.15) is 0 Å². The lowest BCUT2D eigenvalue weighted by Gasteiger charge is -2.27. The van der Waals surface area contributed by atoms with Crippen molar-refractivity contribution < 1.29 is 13.9 Å². The SMILES string of the molecule is COc1cccc2c1N=C(N)N1NC(C(=O)NCc3ccc(Br)cc3F)C=C21. The summed E-state index contributed by atoms with van der Waals surface area (Å²) in [5.74, 6) is 0.112. The maximum absolute atomic E-state index is 13.9. The third kappa shape index (κ3) is 3.23. The number of amides is 1. The number of hydrazine groups is 1. The van der Waals surface area contributed by atoms with Gasteiger partial charge in [-0.1, -0.05) is 34.1 Å². The number of fused-ring (bicyclic) bond motifs is 3. The molecule has 0 aliphatic carbocycles. The molecule has 1 unspecified atom stereocenters. The van der Waals surface area contributed by atoms with E-state index in [-0.39, 0.29) is 24.2 Å². The van der Waals surface area contributed by atoms with Crippen molar-refractivity contribution in [2.45, 2.75) is 12.6 Å². The second-order valence-electron chi connectivity index (χ2n) is 6.27. The predicted octanol–water partition coefficient (Wildman–Crippen LogP) is 2.40. The number of ether oxygens (including phenoxy) is 1. The van der Waals surface area contributed by atoms with Crippen molar-refractivity contribution in [1.82, 2.24) is 15.8 Å². The molecule has 0 bridgehead atoms. The average Bonchev–Trinajstić information content (AvgIpc) is 3.13. The summed E-state index contributed by atoms with van der Waals surface area (Å²) < 4.78 is 19.9. The lowest BCUT2D eigenvalue weighted by molar-refractivity contribution is -0.122. The molecule has 2 heterocycles. The van der Waals surface area contributed by atoms with Crippen molar-refractivity contribution in [1.29, 1.82) is 0 Å². The fourth-order valence-electron chi connectivity index (χ4n) is 3.14. The van der Waals surface area contributed by atoms with Gasteiger partial charge < -0.3 is 15.8 Å². The van der Waals surface area contributed by atoms with E-state index in [1.54, 1.807) is 36.4 Å². The lowest BCUT2D eigenvalue weighted by Crippen LogP contribution is -2.50. The fourth-order valence-corrected chi connectivity index (χ4v) is 3.48. The van der Waals surface area contributed by atoms with Crippen LogP contribution in [-0.4, -0.2) is 30.0 Å². The van der Waals surface area contributed by atoms with Crippen LogP contribution >= 0.6 is 15.9 Å². The van der Waals surface area contributed by atoms with Crippen LogP contribution in [0.4, 0.5) is 10.1 Å². The first kappa shape index (κ1) is 18.5. The minimum absolute atomic E-state index is 0.0767. The van der Waals surface area contributed by atoms with Crippen LogP contribution in [0.5, 0.6) is 5.75 Å². The molecule has 4 rings (SSSR count). The number of nitrogens with zero attached hydrogens (tertiary/aromatic N) is 2. The van der Waals surface area contributed by atoms with Gasteiger partial charge in [-0.3, -0.25) is 4.79 Å². The lowest BCUT2D eigenvalue weighted by atomic mass is 10.1. The molecule has 0 radical (unpaired) electrons. The highest BCUT2D eigenvalue weighted by molar-refractivity contribution is 9.10. The molecule has 28 heavy (non-hydrogen) atoms. The van der Waals surface area contributed by atoms with E-state index in [2.05, 4.69) is 31.7 Å². The molecular weight excluding hydrogens is 429 g/mol. The second-order valence-corrected chi connectivity index (χ2v) is 7.19. The first-order valence-electron chi connectivity index (χ1n) is 8.49. The van der Waals surface area contributed by atoms with E-state index in [9.17, 15) is 9.18 Å². The van der Waals surface area contributed by atoms with E-state index in [4.69, 9.17) is 10.5 Å². The van der Waals surface area contributed by atoms with Crippen LogP contribution in [0.15, 0.2) is 51.9 Å². The van der Waals surface area contributed by atoms with Crippen molar-refractivity contribution in [3.8, 4) is 5.75 Å². The zero-order valence-corrected chi connectivity index (χ0v) is 16.5. The van der Waals surface area contributed by atoms with Crippen molar-refractivity contribution in [2.75, 3.05) is 7.11 Å². The van der Waals surface area contributed by atoms with Crippen LogP contribution in [0.2, 0.25) is 0 Å². The average molecular weight is 446 g/mol. The van der Waals surface area contributed by atoms with Gasteiger partial charge in [-0.25, -0.2) is 19.8 Å². The molecule has 7 nitrogen and oxygen atoms in total. The number of hydrogen-bond donors (Lipinski definition) is 3. The molecule has 0 fully saturated rings. The largest absolute Gasteiger partial charge is 0.494 e. The Morgan fingerprint density at radius 1 is 1.43 bits per heavy atom. The number of carbonyl (C=O) groups excluding carboxylic acids is 1. The summed E-state index contributed by atoms with van der Waals surface area (Å²) in [6.07, 6.45) is 1.76. The Labute approximate surface area is 169 Å². The van der Waals surface area contributed by atoms with Gasteiger partial charge in [0.15, 0.2) is 0 Å². The topological polar surface area (TPSA) is 92.0 Å². The number of methoxy groups -OCH3 is 1. The van der Waals surface area contributed by atoms with E-state index in [0.717, 1.165) is 11.3 Å². The number of rotatable bonds is 4. The summed E-state index contributed by atoms with van der Waals surface area (Å²) in [4.78, 5) is 17.0. The van der Waals surface area contributed by atoms with Gasteiger partial charge in [-0.15, -0.1) is 0 Å². The standard InChI is InChI=1S/C19H17BrFN5O2/c1-28-16-4-2-3-12-15-8-14(25-26(15)19(22)24-17(12)16)18(27)23-9-10-5-6-11(20)7-13(10)21/h2-8,14,25H,9H2,1H3,(H2,22,24)(H,23,27). The Morgan fingerprint density at radius 2 is 2.25 bits per heavy atom. The number of guanidine groups is 1. The molecular formula is C19H17BrFN5O2. The number of benzene rings is 2. The highest BCUT2D eigenvalue weighted by Gasteiger charge is 2.35. The number of hydrogen-bond acceptors (Lipinski definition) is 6. The molecule has 144 valence electrons. The summed E-state index contributed by atoms with van der Waals surface area (Å²) >= 11 is 3.21. The summed E-state index contributed by atoms with van der Waals surface area (Å²) in [5.41, 5.74) is 11.6. The van der Waals surface area contributed by atoms with E-state index in [1.165, 1.54) is 6.07 Å². The third-order valence-corrected chi connectivity index (χ3v) is 5.03. The normalized spacial score (nSPS) is 17.4. The molecule has 0 saturated carbocycles. The second kappa shape index (κ2) is 7.25. The Hall–Kier alpha value is -2.91. The summed E-state index contributed by atoms with van der Waals surface area (Å²) in [5, 5.41) is 4.30. The van der Waals surface area contributed by atoms with Crippen LogP contribution in [0.3, 0.4) is 0 Å². The maximum Gasteiger partial charge on any atom is 0.243 e. The quantitative estimate of drug-likeness (QED) is 0.671. The van der Waals surface area contributed by atoms with Gasteiger partial charge in [0.1, 0.15) is 23.3 Å². The van der Waals surface area contributed by atoms with Crippen LogP contribution in [0, 0.1) is 5.82 Å². The summed E-state index contributed by atoms with van der Waals surface area (Å²) in [6.45, 7) is 0.0767. The zero-order chi connectivity index (χ0) is 19.8. The van der Waals surface area contributed by atoms with Crippen LogP contribution < -0.4 is 21.2 Å². The van der Waals surface area contributed by atoms with E-state index in [0.29, 0.717) is 21.5 Å². The number of para-hydroxylation sites is 1. The molecule has 0 saturated heterocycles. The number of carbonyl (C=O) groups is 1. The first-order chi connectivity index (χ1) is 13.5. The maximum atomic E-state index is 13.9. The Morgan fingerprint density at radius 3 is 3.00 bits per heavy atom. The smallest absolute Gasteiger partial charge is 0.243 e. The van der Waals surface area contributed by atoms with Crippen molar-refractivity contribution in [2.24, 2.45) is 10.7 Å². The molecule has 2 aromatic rings. The fraction of sp³-hybridized carbons (Fsp3) is 0.158. The molecule has 9 heteroatoms. The van der Waals surface area contributed by atoms with Gasteiger partial charge in [0.2, 0.25) is 11.9 Å². The van der Waals surface area contributed by atoms with Crippen molar-refractivity contribution >= 4 is 39.2 Å². The molecule has 0 aromatic heterocycles. The molecule has 0 spiro atoms. The molecule has 2 aromatic carbocycles. The zero-order valence-electron chi connectivity index (χ0n) is 14.9. The minimum Gasteiger partial charge on any atom is -0.494 e. The first-order valence-corrected chi connectivity index (χ1v) is 9.28. The Bertz CT molecular complexity index is 1020. The number of aliphatic imine (C=N–C) groups is 1. The Balaban J connectivity index is 1.54. The number of nitrogens with one attached hydrogen (secondary N) is 2. The summed E-state index contributed by atoms with van der Waals surface area (Å²) in [6, 6.07) is 9.56. The van der Waals surface area contributed by atoms with Crippen LogP contribution in [0.1, 0.15) is 11.1 Å².